The smallest absolute Gasteiger partial charge is 0.369 e. The lowest BCUT2D eigenvalue weighted by Crippen LogP contribution is -2.45. The van der Waals surface area contributed by atoms with E-state index in [9.17, 15) is 18.0 Å². The minimum atomic E-state index is -4.48. The summed E-state index contributed by atoms with van der Waals surface area (Å²) in [5, 5.41) is 2.67. The zero-order chi connectivity index (χ0) is 22.6. The fourth-order valence-corrected chi connectivity index (χ4v) is 3.80. The molecule has 3 aromatic rings. The van der Waals surface area contributed by atoms with Gasteiger partial charge in [0.05, 0.1) is 5.56 Å². The Bertz CT molecular complexity index is 1040. The standard InChI is InChI=1S/C25H24F3N3O/c26-25(27,28)21-8-4-7-20(17-21)24(32)29-22-9-11-23(12-10-22)31-15-13-30(14-16-31)18-19-5-2-1-3-6-19/h1-12,17H,13-16,18H2,(H,29,32). The minimum Gasteiger partial charge on any atom is -0.369 e. The van der Waals surface area contributed by atoms with E-state index in [1.165, 1.54) is 17.7 Å². The second kappa shape index (κ2) is 9.44. The van der Waals surface area contributed by atoms with Gasteiger partial charge in [-0.15, -0.1) is 0 Å². The van der Waals surface area contributed by atoms with E-state index < -0.39 is 17.6 Å². The number of hydrogen-bond donors (Lipinski definition) is 1. The number of rotatable bonds is 5. The van der Waals surface area contributed by atoms with E-state index >= 15 is 0 Å². The molecule has 4 nitrogen and oxygen atoms in total. The number of anilines is 2. The van der Waals surface area contributed by atoms with Crippen molar-refractivity contribution in [1.29, 1.82) is 0 Å². The van der Waals surface area contributed by atoms with E-state index in [-0.39, 0.29) is 5.56 Å². The van der Waals surface area contributed by atoms with E-state index in [1.54, 1.807) is 12.1 Å². The normalized spacial score (nSPS) is 14.9. The molecule has 0 atom stereocenters. The summed E-state index contributed by atoms with van der Waals surface area (Å²) in [5.41, 5.74) is 2.03. The summed E-state index contributed by atoms with van der Waals surface area (Å²) >= 11 is 0. The van der Waals surface area contributed by atoms with Gasteiger partial charge in [0.15, 0.2) is 0 Å². The van der Waals surface area contributed by atoms with Gasteiger partial charge in [0, 0.05) is 49.7 Å². The molecule has 1 N–H and O–H groups in total. The predicted octanol–water partition coefficient (Wildman–Crippen LogP) is 5.28. The number of nitrogens with one attached hydrogen (secondary N) is 1. The van der Waals surface area contributed by atoms with Crippen LogP contribution in [-0.2, 0) is 12.7 Å². The average Bonchev–Trinajstić information content (AvgIpc) is 2.80. The average molecular weight is 439 g/mol. The maximum atomic E-state index is 12.9. The van der Waals surface area contributed by atoms with Crippen LogP contribution in [-0.4, -0.2) is 37.0 Å². The van der Waals surface area contributed by atoms with Gasteiger partial charge in [-0.25, -0.2) is 0 Å². The highest BCUT2D eigenvalue weighted by atomic mass is 19.4. The number of amides is 1. The van der Waals surface area contributed by atoms with E-state index in [0.717, 1.165) is 50.5 Å². The third-order valence-electron chi connectivity index (χ3n) is 5.56. The number of piperazine rings is 1. The van der Waals surface area contributed by atoms with Crippen molar-refractivity contribution in [1.82, 2.24) is 4.90 Å². The van der Waals surface area contributed by atoms with Gasteiger partial charge in [0.25, 0.3) is 5.91 Å². The Hall–Kier alpha value is -3.32. The first-order valence-electron chi connectivity index (χ1n) is 10.5. The van der Waals surface area contributed by atoms with Crippen LogP contribution in [0.15, 0.2) is 78.9 Å². The number of carbonyl (C=O) groups excluding carboxylic acids is 1. The van der Waals surface area contributed by atoms with Gasteiger partial charge in [0.2, 0.25) is 0 Å². The predicted molar refractivity (Wildman–Crippen MR) is 120 cm³/mol. The first kappa shape index (κ1) is 21.9. The first-order valence-corrected chi connectivity index (χ1v) is 10.5. The monoisotopic (exact) mass is 439 g/mol. The molecule has 0 unspecified atom stereocenters. The van der Waals surface area contributed by atoms with Crippen LogP contribution in [0.5, 0.6) is 0 Å². The molecule has 0 spiro atoms. The molecule has 0 bridgehead atoms. The zero-order valence-corrected chi connectivity index (χ0v) is 17.5. The molecule has 1 aliphatic rings. The Morgan fingerprint density at radius 1 is 0.844 bits per heavy atom. The van der Waals surface area contributed by atoms with Crippen molar-refractivity contribution >= 4 is 17.3 Å². The van der Waals surface area contributed by atoms with Gasteiger partial charge in [0.1, 0.15) is 0 Å². The van der Waals surface area contributed by atoms with Gasteiger partial charge in [-0.1, -0.05) is 36.4 Å². The topological polar surface area (TPSA) is 35.6 Å². The summed E-state index contributed by atoms with van der Waals surface area (Å²) in [6.07, 6.45) is -4.48. The van der Waals surface area contributed by atoms with Crippen LogP contribution < -0.4 is 10.2 Å². The Balaban J connectivity index is 1.32. The Morgan fingerprint density at radius 2 is 1.53 bits per heavy atom. The van der Waals surface area contributed by atoms with Crippen molar-refractivity contribution < 1.29 is 18.0 Å². The summed E-state index contributed by atoms with van der Waals surface area (Å²) in [7, 11) is 0. The Kier molecular flexibility index (Phi) is 6.46. The highest BCUT2D eigenvalue weighted by molar-refractivity contribution is 6.04. The third-order valence-corrected chi connectivity index (χ3v) is 5.56. The molecule has 7 heteroatoms. The molecule has 1 amide bonds. The highest BCUT2D eigenvalue weighted by Gasteiger charge is 2.30. The summed E-state index contributed by atoms with van der Waals surface area (Å²) in [6.45, 7) is 4.67. The Morgan fingerprint density at radius 3 is 2.19 bits per heavy atom. The lowest BCUT2D eigenvalue weighted by atomic mass is 10.1. The number of benzene rings is 3. The summed E-state index contributed by atoms with van der Waals surface area (Å²) in [4.78, 5) is 17.1. The molecule has 1 fully saturated rings. The van der Waals surface area contributed by atoms with Gasteiger partial charge in [-0.3, -0.25) is 9.69 Å². The molecule has 3 aromatic carbocycles. The van der Waals surface area contributed by atoms with Crippen molar-refractivity contribution in [3.8, 4) is 0 Å². The molecule has 0 aliphatic carbocycles. The molecule has 1 heterocycles. The van der Waals surface area contributed by atoms with E-state index in [4.69, 9.17) is 0 Å². The molecular formula is C25H24F3N3O. The quantitative estimate of drug-likeness (QED) is 0.588. The van der Waals surface area contributed by atoms with Crippen molar-refractivity contribution in [2.75, 3.05) is 36.4 Å². The fraction of sp³-hybridized carbons (Fsp3) is 0.240. The van der Waals surface area contributed by atoms with Crippen LogP contribution in [0.25, 0.3) is 0 Å². The van der Waals surface area contributed by atoms with Crippen molar-refractivity contribution in [3.05, 3.63) is 95.6 Å². The second-order valence-corrected chi connectivity index (χ2v) is 7.83. The maximum Gasteiger partial charge on any atom is 0.416 e. The van der Waals surface area contributed by atoms with Crippen molar-refractivity contribution in [2.45, 2.75) is 12.7 Å². The molecule has 1 aliphatic heterocycles. The molecular weight excluding hydrogens is 415 g/mol. The lowest BCUT2D eigenvalue weighted by molar-refractivity contribution is -0.137. The number of alkyl halides is 3. The number of carbonyl (C=O) groups is 1. The second-order valence-electron chi connectivity index (χ2n) is 7.83. The largest absolute Gasteiger partial charge is 0.416 e. The first-order chi connectivity index (χ1) is 15.4. The van der Waals surface area contributed by atoms with E-state index in [1.807, 2.05) is 18.2 Å². The van der Waals surface area contributed by atoms with Gasteiger partial charge >= 0.3 is 6.18 Å². The van der Waals surface area contributed by atoms with E-state index in [2.05, 4.69) is 39.4 Å². The zero-order valence-electron chi connectivity index (χ0n) is 17.5. The van der Waals surface area contributed by atoms with Gasteiger partial charge in [-0.05, 0) is 48.0 Å². The molecule has 4 rings (SSSR count). The molecule has 0 saturated carbocycles. The lowest BCUT2D eigenvalue weighted by Gasteiger charge is -2.36. The van der Waals surface area contributed by atoms with Gasteiger partial charge < -0.3 is 10.2 Å². The molecule has 1 saturated heterocycles. The van der Waals surface area contributed by atoms with Crippen LogP contribution in [0.4, 0.5) is 24.5 Å². The van der Waals surface area contributed by atoms with Crippen LogP contribution >= 0.6 is 0 Å². The maximum absolute atomic E-state index is 12.9. The van der Waals surface area contributed by atoms with Crippen molar-refractivity contribution in [2.24, 2.45) is 0 Å². The number of halogens is 3. The summed E-state index contributed by atoms with van der Waals surface area (Å²) in [6, 6.07) is 22.2. The van der Waals surface area contributed by atoms with Crippen LogP contribution in [0.1, 0.15) is 21.5 Å². The fourth-order valence-electron chi connectivity index (χ4n) is 3.80. The summed E-state index contributed by atoms with van der Waals surface area (Å²) < 4.78 is 38.6. The SMILES string of the molecule is O=C(Nc1ccc(N2CCN(Cc3ccccc3)CC2)cc1)c1cccc(C(F)(F)F)c1. The van der Waals surface area contributed by atoms with Crippen LogP contribution in [0.3, 0.4) is 0 Å². The van der Waals surface area contributed by atoms with E-state index in [0.29, 0.717) is 5.69 Å². The van der Waals surface area contributed by atoms with Crippen molar-refractivity contribution in [3.63, 3.8) is 0 Å². The van der Waals surface area contributed by atoms with Gasteiger partial charge in [-0.2, -0.15) is 13.2 Å². The van der Waals surface area contributed by atoms with Crippen LogP contribution in [0, 0.1) is 0 Å². The molecule has 0 radical (unpaired) electrons. The highest BCUT2D eigenvalue weighted by Crippen LogP contribution is 2.29. The summed E-state index contributed by atoms with van der Waals surface area (Å²) in [5.74, 6) is -0.571. The number of nitrogens with zero attached hydrogens (tertiary/aromatic N) is 2. The molecule has 0 aromatic heterocycles. The molecule has 32 heavy (non-hydrogen) atoms. The third kappa shape index (κ3) is 5.48. The molecule has 166 valence electrons. The Labute approximate surface area is 185 Å². The minimum absolute atomic E-state index is 0.0292. The number of hydrogen-bond acceptors (Lipinski definition) is 3. The van der Waals surface area contributed by atoms with Crippen LogP contribution in [0.2, 0.25) is 0 Å².